The zero-order valence-corrected chi connectivity index (χ0v) is 23.9. The maximum absolute atomic E-state index is 7.03. The minimum atomic E-state index is -2.44. The maximum Gasteiger partial charge on any atom is 0.261 e. The number of halogens is 1. The van der Waals surface area contributed by atoms with Crippen molar-refractivity contribution in [2.75, 3.05) is 6.61 Å². The van der Waals surface area contributed by atoms with Gasteiger partial charge in [0, 0.05) is 6.61 Å². The van der Waals surface area contributed by atoms with Crippen LogP contribution in [-0.2, 0) is 9.16 Å². The molecule has 1 aliphatic rings. The van der Waals surface area contributed by atoms with E-state index in [9.17, 15) is 0 Å². The van der Waals surface area contributed by atoms with E-state index in [0.717, 1.165) is 43.2 Å². The van der Waals surface area contributed by atoms with Crippen LogP contribution in [0.15, 0.2) is 83.9 Å². The van der Waals surface area contributed by atoms with Gasteiger partial charge in [-0.1, -0.05) is 123 Å². The molecule has 1 fully saturated rings. The van der Waals surface area contributed by atoms with Crippen molar-refractivity contribution < 1.29 is 9.16 Å². The molecule has 1 aliphatic heterocycles. The molecule has 1 saturated heterocycles. The Morgan fingerprint density at radius 3 is 2.21 bits per heavy atom. The smallest absolute Gasteiger partial charge is 0.261 e. The molecule has 0 aromatic heterocycles. The lowest BCUT2D eigenvalue weighted by atomic mass is 10.1. The van der Waals surface area contributed by atoms with E-state index in [1.807, 2.05) is 0 Å². The molecule has 1 heterocycles. The highest BCUT2D eigenvalue weighted by Gasteiger charge is 2.49. The Labute approximate surface area is 216 Å². The lowest BCUT2D eigenvalue weighted by molar-refractivity contribution is 0.0611. The van der Waals surface area contributed by atoms with Gasteiger partial charge in [0.1, 0.15) is 0 Å². The van der Waals surface area contributed by atoms with Crippen LogP contribution in [0.5, 0.6) is 0 Å². The highest BCUT2D eigenvalue weighted by molar-refractivity contribution is 9.11. The largest absolute Gasteiger partial charge is 0.407 e. The van der Waals surface area contributed by atoms with Crippen molar-refractivity contribution in [3.63, 3.8) is 0 Å². The Hall–Kier alpha value is -1.46. The molecule has 0 bridgehead atoms. The van der Waals surface area contributed by atoms with Gasteiger partial charge in [-0.2, -0.15) is 0 Å². The van der Waals surface area contributed by atoms with Crippen molar-refractivity contribution in [2.45, 2.75) is 77.0 Å². The molecule has 2 aromatic rings. The standard InChI is InChI=1S/C30H41BrO2Si/c1-24(23-25(2)31)18-19-27-21-20-26(33-27)13-12-22-32-34(30(3,4)5,28-14-8-6-9-15-28)29-16-10-7-11-17-29/h6-11,14-19,24,26-27H,2,12-13,20-23H2,1,3-5H3/b19-18+/t24-,26-,27+/m0/s1. The van der Waals surface area contributed by atoms with Crippen LogP contribution in [0.25, 0.3) is 0 Å². The topological polar surface area (TPSA) is 18.5 Å². The molecule has 0 unspecified atom stereocenters. The monoisotopic (exact) mass is 540 g/mol. The predicted molar refractivity (Wildman–Crippen MR) is 152 cm³/mol. The SMILES string of the molecule is C=C(Br)C[C@@H](C)/C=C/[C@@H]1CC[C@H](CCCO[Si](c2ccccc2)(c2ccccc2)C(C)(C)C)O1. The third kappa shape index (κ3) is 7.04. The average molecular weight is 542 g/mol. The molecule has 4 heteroatoms. The second-order valence-corrected chi connectivity index (χ2v) is 16.0. The minimum absolute atomic E-state index is 0.0204. The number of ether oxygens (including phenoxy) is 1. The van der Waals surface area contributed by atoms with Gasteiger partial charge in [-0.25, -0.2) is 0 Å². The van der Waals surface area contributed by atoms with Gasteiger partial charge < -0.3 is 9.16 Å². The summed E-state index contributed by atoms with van der Waals surface area (Å²) in [7, 11) is -2.44. The highest BCUT2D eigenvalue weighted by Crippen LogP contribution is 2.37. The zero-order valence-electron chi connectivity index (χ0n) is 21.3. The molecular weight excluding hydrogens is 500 g/mol. The van der Waals surface area contributed by atoms with Crippen LogP contribution in [0.1, 0.15) is 59.8 Å². The van der Waals surface area contributed by atoms with Gasteiger partial charge in [0.15, 0.2) is 0 Å². The summed E-state index contributed by atoms with van der Waals surface area (Å²) in [5.41, 5.74) is 0. The van der Waals surface area contributed by atoms with Crippen LogP contribution in [0.4, 0.5) is 0 Å². The van der Waals surface area contributed by atoms with Crippen LogP contribution in [0, 0.1) is 5.92 Å². The van der Waals surface area contributed by atoms with Gasteiger partial charge in [0.2, 0.25) is 0 Å². The second kappa shape index (κ2) is 12.5. The van der Waals surface area contributed by atoms with E-state index >= 15 is 0 Å². The minimum Gasteiger partial charge on any atom is -0.407 e. The normalized spacial score (nSPS) is 20.0. The molecule has 0 saturated carbocycles. The predicted octanol–water partition coefficient (Wildman–Crippen LogP) is 7.38. The summed E-state index contributed by atoms with van der Waals surface area (Å²) in [6, 6.07) is 21.8. The molecule has 0 spiro atoms. The Bertz CT molecular complexity index is 880. The van der Waals surface area contributed by atoms with Crippen LogP contribution >= 0.6 is 15.9 Å². The van der Waals surface area contributed by atoms with Crippen LogP contribution in [-0.4, -0.2) is 27.1 Å². The van der Waals surface area contributed by atoms with Crippen molar-refractivity contribution in [3.8, 4) is 0 Å². The Kier molecular flexibility index (Phi) is 9.96. The van der Waals surface area contributed by atoms with Crippen LogP contribution < -0.4 is 10.4 Å². The number of hydrogen-bond acceptors (Lipinski definition) is 2. The van der Waals surface area contributed by atoms with Gasteiger partial charge in [0.25, 0.3) is 8.32 Å². The Balaban J connectivity index is 1.62. The summed E-state index contributed by atoms with van der Waals surface area (Å²) < 4.78 is 14.4. The molecular formula is C30H41BrO2Si. The summed E-state index contributed by atoms with van der Waals surface area (Å²) in [5, 5.41) is 2.71. The summed E-state index contributed by atoms with van der Waals surface area (Å²) >= 11 is 3.46. The lowest BCUT2D eigenvalue weighted by Gasteiger charge is -2.43. The van der Waals surface area contributed by atoms with E-state index in [4.69, 9.17) is 9.16 Å². The fraction of sp³-hybridized carbons (Fsp3) is 0.467. The quantitative estimate of drug-likeness (QED) is 0.168. The van der Waals surface area contributed by atoms with E-state index < -0.39 is 8.32 Å². The fourth-order valence-corrected chi connectivity index (χ4v) is 10.2. The van der Waals surface area contributed by atoms with Crippen molar-refractivity contribution in [3.05, 3.63) is 83.9 Å². The third-order valence-electron chi connectivity index (χ3n) is 6.74. The first kappa shape index (κ1) is 27.1. The molecule has 34 heavy (non-hydrogen) atoms. The van der Waals surface area contributed by atoms with Gasteiger partial charge in [-0.05, 0) is 57.9 Å². The fourth-order valence-electron chi connectivity index (χ4n) is 5.12. The number of rotatable bonds is 11. The molecule has 3 rings (SSSR count). The number of hydrogen-bond donors (Lipinski definition) is 0. The van der Waals surface area contributed by atoms with Crippen molar-refractivity contribution >= 4 is 34.6 Å². The van der Waals surface area contributed by atoms with Gasteiger partial charge in [0.05, 0.1) is 12.2 Å². The third-order valence-corrected chi connectivity index (χ3v) is 12.1. The highest BCUT2D eigenvalue weighted by atomic mass is 79.9. The first-order chi connectivity index (χ1) is 16.2. The summed E-state index contributed by atoms with van der Waals surface area (Å²) in [4.78, 5) is 0. The second-order valence-electron chi connectivity index (χ2n) is 10.6. The van der Waals surface area contributed by atoms with E-state index in [1.54, 1.807) is 0 Å². The molecule has 3 atom stereocenters. The number of allylic oxidation sites excluding steroid dienone is 2. The van der Waals surface area contributed by atoms with Gasteiger partial charge >= 0.3 is 0 Å². The summed E-state index contributed by atoms with van der Waals surface area (Å²) in [6.45, 7) is 13.9. The van der Waals surface area contributed by atoms with Crippen molar-refractivity contribution in [1.29, 1.82) is 0 Å². The zero-order chi connectivity index (χ0) is 24.6. The Morgan fingerprint density at radius 1 is 1.09 bits per heavy atom. The molecule has 0 radical (unpaired) electrons. The summed E-state index contributed by atoms with van der Waals surface area (Å²) in [6.07, 6.45) is 10.4. The maximum atomic E-state index is 7.03. The lowest BCUT2D eigenvalue weighted by Crippen LogP contribution is -2.66. The van der Waals surface area contributed by atoms with Crippen molar-refractivity contribution in [2.24, 2.45) is 5.92 Å². The number of benzene rings is 2. The first-order valence-corrected chi connectivity index (χ1v) is 15.3. The summed E-state index contributed by atoms with van der Waals surface area (Å²) in [5.74, 6) is 0.481. The van der Waals surface area contributed by atoms with Crippen molar-refractivity contribution in [1.82, 2.24) is 0 Å². The van der Waals surface area contributed by atoms with Gasteiger partial charge in [-0.3, -0.25) is 0 Å². The van der Waals surface area contributed by atoms with Gasteiger partial charge in [-0.15, -0.1) is 0 Å². The molecule has 0 amide bonds. The Morgan fingerprint density at radius 2 is 1.68 bits per heavy atom. The first-order valence-electron chi connectivity index (χ1n) is 12.6. The molecule has 2 nitrogen and oxygen atoms in total. The van der Waals surface area contributed by atoms with E-state index in [0.29, 0.717) is 12.0 Å². The van der Waals surface area contributed by atoms with E-state index in [-0.39, 0.29) is 11.1 Å². The molecule has 0 aliphatic carbocycles. The molecule has 184 valence electrons. The van der Waals surface area contributed by atoms with Crippen LogP contribution in [0.2, 0.25) is 5.04 Å². The molecule has 2 aromatic carbocycles. The average Bonchev–Trinajstić information content (AvgIpc) is 3.25. The van der Waals surface area contributed by atoms with Crippen LogP contribution in [0.3, 0.4) is 0 Å². The molecule has 0 N–H and O–H groups in total. The van der Waals surface area contributed by atoms with E-state index in [2.05, 4.69) is 123 Å². The van der Waals surface area contributed by atoms with E-state index in [1.165, 1.54) is 10.4 Å².